The maximum Gasteiger partial charge on any atom is 0.252 e. The van der Waals surface area contributed by atoms with Gasteiger partial charge in [0.1, 0.15) is 5.75 Å². The van der Waals surface area contributed by atoms with Gasteiger partial charge in [-0.2, -0.15) is 0 Å². The molecule has 4 nitrogen and oxygen atoms in total. The second-order valence-corrected chi connectivity index (χ2v) is 5.42. The fourth-order valence-corrected chi connectivity index (χ4v) is 2.63. The molecule has 25 heavy (non-hydrogen) atoms. The summed E-state index contributed by atoms with van der Waals surface area (Å²) in [5, 5.41) is 3.52. The van der Waals surface area contributed by atoms with Crippen molar-refractivity contribution < 1.29 is 9.53 Å². The Labute approximate surface area is 146 Å². The van der Waals surface area contributed by atoms with E-state index in [4.69, 9.17) is 11.2 Å². The monoisotopic (exact) mass is 330 g/mol. The standard InChI is InChI=1S/C21H18N2O2/c1-3-13-22-21(24)18-14-20(23-19-8-6-5-7-17(18)19)15-9-11-16(12-10-15)25-4-2/h1,5-12,14H,4,13H2,2H3,(H,22,24). The normalized spacial score (nSPS) is 10.2. The Morgan fingerprint density at radius 3 is 2.68 bits per heavy atom. The molecule has 1 heterocycles. The van der Waals surface area contributed by atoms with Crippen molar-refractivity contribution in [2.24, 2.45) is 0 Å². The van der Waals surface area contributed by atoms with Crippen LogP contribution in [-0.2, 0) is 0 Å². The average molecular weight is 330 g/mol. The van der Waals surface area contributed by atoms with Gasteiger partial charge in [-0.3, -0.25) is 4.79 Å². The number of ether oxygens (including phenoxy) is 1. The van der Waals surface area contributed by atoms with Gasteiger partial charge in [-0.15, -0.1) is 6.42 Å². The zero-order valence-corrected chi connectivity index (χ0v) is 14.0. The third-order valence-electron chi connectivity index (χ3n) is 3.77. The smallest absolute Gasteiger partial charge is 0.252 e. The van der Waals surface area contributed by atoms with Crippen LogP contribution in [0.3, 0.4) is 0 Å². The Hall–Kier alpha value is -3.32. The maximum absolute atomic E-state index is 12.5. The van der Waals surface area contributed by atoms with Gasteiger partial charge in [0.15, 0.2) is 0 Å². The van der Waals surface area contributed by atoms with Crippen LogP contribution < -0.4 is 10.1 Å². The average Bonchev–Trinajstić information content (AvgIpc) is 2.66. The van der Waals surface area contributed by atoms with E-state index in [0.29, 0.717) is 12.2 Å². The summed E-state index contributed by atoms with van der Waals surface area (Å²) >= 11 is 0. The largest absolute Gasteiger partial charge is 0.494 e. The second-order valence-electron chi connectivity index (χ2n) is 5.42. The Bertz CT molecular complexity index is 940. The molecule has 0 atom stereocenters. The number of aromatic nitrogens is 1. The number of pyridine rings is 1. The lowest BCUT2D eigenvalue weighted by Crippen LogP contribution is -2.23. The Morgan fingerprint density at radius 2 is 1.96 bits per heavy atom. The van der Waals surface area contributed by atoms with Crippen molar-refractivity contribution in [3.05, 3.63) is 60.2 Å². The summed E-state index contributed by atoms with van der Waals surface area (Å²) in [6, 6.07) is 17.0. The van der Waals surface area contributed by atoms with Crippen molar-refractivity contribution in [3.63, 3.8) is 0 Å². The highest BCUT2D eigenvalue weighted by Crippen LogP contribution is 2.26. The zero-order valence-electron chi connectivity index (χ0n) is 14.0. The molecule has 0 bridgehead atoms. The van der Waals surface area contributed by atoms with E-state index in [0.717, 1.165) is 27.9 Å². The van der Waals surface area contributed by atoms with E-state index >= 15 is 0 Å². The van der Waals surface area contributed by atoms with Gasteiger partial charge in [0.25, 0.3) is 5.91 Å². The van der Waals surface area contributed by atoms with Crippen molar-refractivity contribution in [2.45, 2.75) is 6.92 Å². The first-order valence-electron chi connectivity index (χ1n) is 8.07. The third kappa shape index (κ3) is 3.61. The Morgan fingerprint density at radius 1 is 1.20 bits per heavy atom. The molecule has 0 aliphatic heterocycles. The van der Waals surface area contributed by atoms with Gasteiger partial charge >= 0.3 is 0 Å². The molecule has 0 spiro atoms. The van der Waals surface area contributed by atoms with Gasteiger partial charge in [0.2, 0.25) is 0 Å². The zero-order chi connectivity index (χ0) is 17.6. The quantitative estimate of drug-likeness (QED) is 0.726. The first kappa shape index (κ1) is 16.5. The van der Waals surface area contributed by atoms with Crippen LogP contribution in [0.5, 0.6) is 5.75 Å². The molecule has 1 N–H and O–H groups in total. The van der Waals surface area contributed by atoms with Crippen molar-refractivity contribution in [1.82, 2.24) is 10.3 Å². The molecule has 3 aromatic rings. The highest BCUT2D eigenvalue weighted by Gasteiger charge is 2.13. The lowest BCUT2D eigenvalue weighted by Gasteiger charge is -2.10. The van der Waals surface area contributed by atoms with Gasteiger partial charge in [0, 0.05) is 10.9 Å². The lowest BCUT2D eigenvalue weighted by atomic mass is 10.0. The van der Waals surface area contributed by atoms with E-state index in [1.807, 2.05) is 55.5 Å². The van der Waals surface area contributed by atoms with E-state index < -0.39 is 0 Å². The number of terminal acetylenes is 1. The van der Waals surface area contributed by atoms with Crippen LogP contribution in [0.2, 0.25) is 0 Å². The van der Waals surface area contributed by atoms with Crippen LogP contribution in [0.25, 0.3) is 22.2 Å². The van der Waals surface area contributed by atoms with E-state index in [9.17, 15) is 4.79 Å². The molecule has 2 aromatic carbocycles. The molecule has 0 aliphatic carbocycles. The maximum atomic E-state index is 12.5. The number of hydrogen-bond donors (Lipinski definition) is 1. The van der Waals surface area contributed by atoms with Gasteiger partial charge in [-0.1, -0.05) is 24.1 Å². The van der Waals surface area contributed by atoms with Gasteiger partial charge in [0.05, 0.1) is 29.9 Å². The number of nitrogens with one attached hydrogen (secondary N) is 1. The number of amides is 1. The highest BCUT2D eigenvalue weighted by atomic mass is 16.5. The Balaban J connectivity index is 2.07. The van der Waals surface area contributed by atoms with E-state index in [1.54, 1.807) is 6.07 Å². The molecular weight excluding hydrogens is 312 g/mol. The minimum atomic E-state index is -0.205. The number of para-hydroxylation sites is 1. The van der Waals surface area contributed by atoms with Crippen molar-refractivity contribution in [1.29, 1.82) is 0 Å². The van der Waals surface area contributed by atoms with Gasteiger partial charge in [-0.25, -0.2) is 4.98 Å². The molecule has 0 fully saturated rings. The number of fused-ring (bicyclic) bond motifs is 1. The van der Waals surface area contributed by atoms with Crippen LogP contribution in [0, 0.1) is 12.3 Å². The number of carbonyl (C=O) groups is 1. The van der Waals surface area contributed by atoms with E-state index in [-0.39, 0.29) is 12.5 Å². The molecule has 124 valence electrons. The van der Waals surface area contributed by atoms with Crippen molar-refractivity contribution in [2.75, 3.05) is 13.2 Å². The number of carbonyl (C=O) groups excluding carboxylic acids is 1. The summed E-state index contributed by atoms with van der Waals surface area (Å²) in [4.78, 5) is 17.2. The number of rotatable bonds is 5. The molecule has 1 amide bonds. The molecule has 0 aliphatic rings. The SMILES string of the molecule is C#CCNC(=O)c1cc(-c2ccc(OCC)cc2)nc2ccccc12. The molecule has 0 unspecified atom stereocenters. The highest BCUT2D eigenvalue weighted by molar-refractivity contribution is 6.07. The fourth-order valence-electron chi connectivity index (χ4n) is 2.63. The van der Waals surface area contributed by atoms with E-state index in [1.165, 1.54) is 0 Å². The predicted molar refractivity (Wildman–Crippen MR) is 99.5 cm³/mol. The minimum Gasteiger partial charge on any atom is -0.494 e. The third-order valence-corrected chi connectivity index (χ3v) is 3.77. The summed E-state index contributed by atoms with van der Waals surface area (Å²) < 4.78 is 5.47. The van der Waals surface area contributed by atoms with Crippen LogP contribution in [0.1, 0.15) is 17.3 Å². The minimum absolute atomic E-state index is 0.188. The number of hydrogen-bond acceptors (Lipinski definition) is 3. The van der Waals surface area contributed by atoms with Crippen molar-refractivity contribution >= 4 is 16.8 Å². The summed E-state index contributed by atoms with van der Waals surface area (Å²) in [5.74, 6) is 3.02. The summed E-state index contributed by atoms with van der Waals surface area (Å²) in [6.45, 7) is 2.75. The lowest BCUT2D eigenvalue weighted by molar-refractivity contribution is 0.0960. The summed E-state index contributed by atoms with van der Waals surface area (Å²) in [7, 11) is 0. The van der Waals surface area contributed by atoms with Crippen molar-refractivity contribution in [3.8, 4) is 29.4 Å². The molecular formula is C21H18N2O2. The van der Waals surface area contributed by atoms with Crippen LogP contribution in [0.15, 0.2) is 54.6 Å². The Kier molecular flexibility index (Phi) is 4.96. The first-order chi connectivity index (χ1) is 12.2. The summed E-state index contributed by atoms with van der Waals surface area (Å²) in [5.41, 5.74) is 2.97. The second kappa shape index (κ2) is 7.50. The number of benzene rings is 2. The fraction of sp³-hybridized carbons (Fsp3) is 0.143. The molecule has 0 radical (unpaired) electrons. The molecule has 4 heteroatoms. The topological polar surface area (TPSA) is 51.2 Å². The van der Waals surface area contributed by atoms with Gasteiger partial charge < -0.3 is 10.1 Å². The predicted octanol–water partition coefficient (Wildman–Crippen LogP) is 3.66. The number of nitrogens with zero attached hydrogens (tertiary/aromatic N) is 1. The van der Waals surface area contributed by atoms with Crippen LogP contribution in [-0.4, -0.2) is 24.0 Å². The molecule has 3 rings (SSSR count). The molecule has 0 saturated carbocycles. The first-order valence-corrected chi connectivity index (χ1v) is 8.07. The van der Waals surface area contributed by atoms with Crippen LogP contribution in [0.4, 0.5) is 0 Å². The van der Waals surface area contributed by atoms with Gasteiger partial charge in [-0.05, 0) is 43.3 Å². The summed E-state index contributed by atoms with van der Waals surface area (Å²) in [6.07, 6.45) is 5.24. The molecule has 1 aromatic heterocycles. The van der Waals surface area contributed by atoms with E-state index in [2.05, 4.69) is 16.2 Å². The van der Waals surface area contributed by atoms with Crippen LogP contribution >= 0.6 is 0 Å². The molecule has 0 saturated heterocycles.